The van der Waals surface area contributed by atoms with E-state index in [4.69, 9.17) is 0 Å². The first-order chi connectivity index (χ1) is 16.7. The topological polar surface area (TPSA) is 104 Å². The van der Waals surface area contributed by atoms with Gasteiger partial charge in [-0.05, 0) is 50.5 Å². The Morgan fingerprint density at radius 1 is 1.26 bits per heavy atom. The van der Waals surface area contributed by atoms with Crippen LogP contribution in [0.4, 0.5) is 10.3 Å². The van der Waals surface area contributed by atoms with Crippen LogP contribution in [0, 0.1) is 18.7 Å². The molecule has 2 aliphatic rings. The number of carbonyl (C=O) groups excluding carboxylic acids is 1. The summed E-state index contributed by atoms with van der Waals surface area (Å²) in [5, 5.41) is 14.0. The van der Waals surface area contributed by atoms with Crippen LogP contribution in [0.5, 0.6) is 0 Å². The molecule has 0 spiro atoms. The summed E-state index contributed by atoms with van der Waals surface area (Å²) < 4.78 is 18.6. The van der Waals surface area contributed by atoms with Gasteiger partial charge in [0.25, 0.3) is 5.91 Å². The maximum Gasteiger partial charge on any atom is 0.257 e. The Morgan fingerprint density at radius 2 is 2.03 bits per heavy atom. The smallest absolute Gasteiger partial charge is 0.257 e. The Morgan fingerprint density at radius 3 is 2.71 bits per heavy atom. The molecule has 11 heteroatoms. The average Bonchev–Trinajstić information content (AvgIpc) is 3.49. The van der Waals surface area contributed by atoms with Gasteiger partial charge in [0.15, 0.2) is 11.0 Å². The van der Waals surface area contributed by atoms with Crippen molar-refractivity contribution in [1.82, 2.24) is 19.7 Å². The van der Waals surface area contributed by atoms with Gasteiger partial charge in [-0.1, -0.05) is 30.0 Å². The second-order valence-corrected chi connectivity index (χ2v) is 11.4. The normalized spacial score (nSPS) is 22.0. The quantitative estimate of drug-likeness (QED) is 0.552. The number of aliphatic hydroxyl groups is 1. The van der Waals surface area contributed by atoms with Crippen molar-refractivity contribution in [1.29, 1.82) is 0 Å². The second kappa shape index (κ2) is 8.96. The Labute approximate surface area is 210 Å². The first-order valence-corrected chi connectivity index (χ1v) is 12.8. The maximum absolute atomic E-state index is 14.7. The number of aliphatic imine (C=N–C) groups is 1. The Balaban J connectivity index is 1.46. The van der Waals surface area contributed by atoms with E-state index in [-0.39, 0.29) is 23.2 Å². The van der Waals surface area contributed by atoms with Gasteiger partial charge >= 0.3 is 0 Å². The van der Waals surface area contributed by atoms with Crippen LogP contribution in [0.2, 0.25) is 0 Å². The van der Waals surface area contributed by atoms with E-state index < -0.39 is 16.2 Å². The zero-order valence-corrected chi connectivity index (χ0v) is 21.2. The van der Waals surface area contributed by atoms with E-state index in [1.54, 1.807) is 25.3 Å². The number of rotatable bonds is 4. The largest absolute Gasteiger partial charge is 0.384 e. The number of hydrogen-bond acceptors (Lipinski definition) is 9. The summed E-state index contributed by atoms with van der Waals surface area (Å²) in [5.74, 6) is -0.338. The van der Waals surface area contributed by atoms with Gasteiger partial charge in [0.2, 0.25) is 5.95 Å². The van der Waals surface area contributed by atoms with Crippen molar-refractivity contribution in [3.63, 3.8) is 0 Å². The molecule has 1 aromatic carbocycles. The third kappa shape index (κ3) is 4.43. The van der Waals surface area contributed by atoms with E-state index in [0.717, 1.165) is 4.88 Å². The molecular weight excluding hydrogens is 487 g/mol. The molecule has 2 aromatic heterocycles. The maximum atomic E-state index is 14.7. The highest BCUT2D eigenvalue weighted by Gasteiger charge is 2.53. The van der Waals surface area contributed by atoms with E-state index >= 15 is 0 Å². The summed E-state index contributed by atoms with van der Waals surface area (Å²) in [6, 6.07) is 11.0. The van der Waals surface area contributed by atoms with E-state index in [1.807, 2.05) is 29.2 Å². The number of fused-ring (bicyclic) bond motifs is 1. The van der Waals surface area contributed by atoms with Gasteiger partial charge in [-0.2, -0.15) is 0 Å². The van der Waals surface area contributed by atoms with Gasteiger partial charge in [-0.15, -0.1) is 0 Å². The third-order valence-electron chi connectivity index (χ3n) is 6.24. The number of amidine groups is 1. The van der Waals surface area contributed by atoms with Crippen molar-refractivity contribution >= 4 is 40.3 Å². The lowest BCUT2D eigenvalue weighted by Gasteiger charge is -2.35. The van der Waals surface area contributed by atoms with Crippen molar-refractivity contribution < 1.29 is 14.3 Å². The first-order valence-electron chi connectivity index (χ1n) is 11.2. The van der Waals surface area contributed by atoms with Crippen molar-refractivity contribution in [3.8, 4) is 0 Å². The molecule has 182 valence electrons. The van der Waals surface area contributed by atoms with Crippen molar-refractivity contribution in [3.05, 3.63) is 70.2 Å². The van der Waals surface area contributed by atoms with Crippen molar-refractivity contribution in [2.75, 3.05) is 24.5 Å². The van der Waals surface area contributed by atoms with Crippen LogP contribution in [0.1, 0.15) is 40.5 Å². The molecule has 1 fully saturated rings. The number of nitrogens with one attached hydrogen (secondary N) is 1. The molecule has 3 aromatic rings. The Kier molecular flexibility index (Phi) is 6.10. The monoisotopic (exact) mass is 512 g/mol. The lowest BCUT2D eigenvalue weighted by Crippen LogP contribution is -2.42. The molecule has 1 amide bonds. The molecule has 0 unspecified atom stereocenters. The van der Waals surface area contributed by atoms with E-state index in [2.05, 4.69) is 24.7 Å². The number of amides is 1. The fourth-order valence-electron chi connectivity index (χ4n) is 4.44. The Hall–Kier alpha value is -2.89. The number of halogens is 1. The van der Waals surface area contributed by atoms with Crippen LogP contribution >= 0.6 is 23.3 Å². The predicted molar refractivity (Wildman–Crippen MR) is 135 cm³/mol. The molecule has 35 heavy (non-hydrogen) atoms. The summed E-state index contributed by atoms with van der Waals surface area (Å²) in [7, 11) is 0. The SMILES string of the molecule is Cc1nc(N2C[C@@H]3CN=C(NC(=O)c4ccccc4)S[C@@]3(c3ccns3)C2)nc(C(C)(C)O)c1F. The standard InChI is InChI=1S/C24H25FN6O2S2/c1-14-18(25)19(23(2,3)33)29-21(28-14)31-12-16-11-26-22(30-20(32)15-7-5-4-6-8-15)34-24(16,13-31)17-9-10-27-35-17/h4-10,16,33H,11-13H2,1-3H3,(H,26,30,32)/t16-,24-/m0/s1. The predicted octanol–water partition coefficient (Wildman–Crippen LogP) is 3.47. The number of aromatic nitrogens is 3. The van der Waals surface area contributed by atoms with E-state index in [1.165, 1.54) is 37.1 Å². The number of nitrogens with zero attached hydrogens (tertiary/aromatic N) is 5. The van der Waals surface area contributed by atoms with Gasteiger partial charge < -0.3 is 15.3 Å². The lowest BCUT2D eigenvalue weighted by atomic mass is 9.93. The molecule has 0 bridgehead atoms. The van der Waals surface area contributed by atoms with Gasteiger partial charge in [-0.3, -0.25) is 9.79 Å². The number of hydrogen-bond donors (Lipinski definition) is 2. The van der Waals surface area contributed by atoms with Crippen LogP contribution in [-0.4, -0.2) is 50.2 Å². The second-order valence-electron chi connectivity index (χ2n) is 9.24. The van der Waals surface area contributed by atoms with Crippen molar-refractivity contribution in [2.45, 2.75) is 31.1 Å². The highest BCUT2D eigenvalue weighted by atomic mass is 32.2. The minimum atomic E-state index is -1.44. The molecule has 0 aliphatic carbocycles. The highest BCUT2D eigenvalue weighted by Crippen LogP contribution is 2.52. The fourth-order valence-corrected chi connectivity index (χ4v) is 6.75. The van der Waals surface area contributed by atoms with Crippen LogP contribution in [0.3, 0.4) is 0 Å². The van der Waals surface area contributed by atoms with Crippen LogP contribution < -0.4 is 10.2 Å². The van der Waals surface area contributed by atoms with Crippen LogP contribution in [0.25, 0.3) is 0 Å². The molecule has 8 nitrogen and oxygen atoms in total. The minimum absolute atomic E-state index is 0.0265. The van der Waals surface area contributed by atoms with E-state index in [9.17, 15) is 14.3 Å². The van der Waals surface area contributed by atoms with Crippen LogP contribution in [-0.2, 0) is 10.3 Å². The molecular formula is C24H25FN6O2S2. The number of carbonyl (C=O) groups is 1. The number of anilines is 1. The number of thioether (sulfide) groups is 1. The number of aryl methyl sites for hydroxylation is 1. The third-order valence-corrected chi connectivity index (χ3v) is 8.76. The summed E-state index contributed by atoms with van der Waals surface area (Å²) >= 11 is 2.93. The number of benzene rings is 1. The molecule has 0 saturated carbocycles. The fraction of sp³-hybridized carbons (Fsp3) is 0.375. The van der Waals surface area contributed by atoms with Gasteiger partial charge in [0.1, 0.15) is 11.3 Å². The van der Waals surface area contributed by atoms with Crippen molar-refractivity contribution in [2.24, 2.45) is 10.9 Å². The van der Waals surface area contributed by atoms with Crippen LogP contribution in [0.15, 0.2) is 47.6 Å². The van der Waals surface area contributed by atoms with E-state index in [0.29, 0.717) is 36.3 Å². The minimum Gasteiger partial charge on any atom is -0.384 e. The molecule has 1 saturated heterocycles. The average molecular weight is 513 g/mol. The molecule has 0 radical (unpaired) electrons. The zero-order valence-electron chi connectivity index (χ0n) is 19.5. The van der Waals surface area contributed by atoms with Gasteiger partial charge in [-0.25, -0.2) is 18.7 Å². The summed E-state index contributed by atoms with van der Waals surface area (Å²) in [5.41, 5.74) is -0.719. The Bertz CT molecular complexity index is 1280. The summed E-state index contributed by atoms with van der Waals surface area (Å²) in [6.07, 6.45) is 1.77. The molecule has 4 heterocycles. The first kappa shape index (κ1) is 23.8. The summed E-state index contributed by atoms with van der Waals surface area (Å²) in [4.78, 5) is 29.4. The molecule has 2 aliphatic heterocycles. The van der Waals surface area contributed by atoms with Gasteiger partial charge in [0.05, 0.1) is 10.4 Å². The molecule has 2 atom stereocenters. The summed E-state index contributed by atoms with van der Waals surface area (Å²) in [6.45, 7) is 6.23. The molecule has 5 rings (SSSR count). The zero-order chi connectivity index (χ0) is 24.8. The highest BCUT2D eigenvalue weighted by molar-refractivity contribution is 8.14. The lowest BCUT2D eigenvalue weighted by molar-refractivity contribution is 0.0691. The molecule has 2 N–H and O–H groups in total. The van der Waals surface area contributed by atoms with Gasteiger partial charge in [0, 0.05) is 42.2 Å².